The molecule has 4 nitrogen and oxygen atoms in total. The molecule has 2 rings (SSSR count). The van der Waals surface area contributed by atoms with Crippen LogP contribution < -0.4 is 11.1 Å². The summed E-state index contributed by atoms with van der Waals surface area (Å²) in [5.74, 6) is 1.60. The van der Waals surface area contributed by atoms with Gasteiger partial charge >= 0.3 is 0 Å². The molecule has 0 amide bonds. The zero-order valence-electron chi connectivity index (χ0n) is 12.9. The predicted molar refractivity (Wildman–Crippen MR) is 83.8 cm³/mol. The van der Waals surface area contributed by atoms with E-state index in [-0.39, 0.29) is 6.04 Å². The molecular formula is C16H28N4. The SMILES string of the molecule is CCC(CC)C(N)CNc1ncnc2c1CCCCC2. The van der Waals surface area contributed by atoms with Crippen LogP contribution in [0.25, 0.3) is 0 Å². The van der Waals surface area contributed by atoms with Gasteiger partial charge in [0, 0.05) is 23.8 Å². The number of aromatic nitrogens is 2. The summed E-state index contributed by atoms with van der Waals surface area (Å²) in [7, 11) is 0. The quantitative estimate of drug-likeness (QED) is 0.784. The number of hydrogen-bond donors (Lipinski definition) is 2. The van der Waals surface area contributed by atoms with Crippen molar-refractivity contribution >= 4 is 5.82 Å². The fourth-order valence-electron chi connectivity index (χ4n) is 3.13. The Hall–Kier alpha value is -1.16. The number of hydrogen-bond acceptors (Lipinski definition) is 4. The summed E-state index contributed by atoms with van der Waals surface area (Å²) in [5.41, 5.74) is 8.84. The average molecular weight is 276 g/mol. The van der Waals surface area contributed by atoms with Crippen LogP contribution in [-0.4, -0.2) is 22.6 Å². The van der Waals surface area contributed by atoms with Crippen molar-refractivity contribution in [2.45, 2.75) is 64.8 Å². The van der Waals surface area contributed by atoms with Gasteiger partial charge in [0.2, 0.25) is 0 Å². The minimum absolute atomic E-state index is 0.196. The third-order valence-electron chi connectivity index (χ3n) is 4.53. The van der Waals surface area contributed by atoms with Crippen molar-refractivity contribution in [1.82, 2.24) is 9.97 Å². The molecule has 0 fully saturated rings. The third kappa shape index (κ3) is 3.69. The zero-order valence-corrected chi connectivity index (χ0v) is 12.9. The van der Waals surface area contributed by atoms with E-state index in [1.54, 1.807) is 6.33 Å². The standard InChI is InChI=1S/C16H28N4/c1-3-12(4-2)14(17)10-18-16-13-8-6-5-7-9-15(13)19-11-20-16/h11-12,14H,3-10,17H2,1-2H3,(H,18,19,20). The Labute approximate surface area is 122 Å². The average Bonchev–Trinajstić information content (AvgIpc) is 2.72. The minimum Gasteiger partial charge on any atom is -0.368 e. The monoisotopic (exact) mass is 276 g/mol. The van der Waals surface area contributed by atoms with Crippen LogP contribution in [0.15, 0.2) is 6.33 Å². The molecule has 1 aliphatic rings. The second kappa shape index (κ2) is 7.58. The van der Waals surface area contributed by atoms with E-state index < -0.39 is 0 Å². The van der Waals surface area contributed by atoms with E-state index >= 15 is 0 Å². The van der Waals surface area contributed by atoms with Gasteiger partial charge in [-0.3, -0.25) is 0 Å². The van der Waals surface area contributed by atoms with Crippen molar-refractivity contribution in [2.24, 2.45) is 11.7 Å². The highest BCUT2D eigenvalue weighted by Crippen LogP contribution is 2.24. The Balaban J connectivity index is 2.03. The van der Waals surface area contributed by atoms with Crippen LogP contribution in [0.2, 0.25) is 0 Å². The first-order valence-corrected chi connectivity index (χ1v) is 8.08. The van der Waals surface area contributed by atoms with Gasteiger partial charge in [-0.05, 0) is 31.6 Å². The summed E-state index contributed by atoms with van der Waals surface area (Å²) in [6.45, 7) is 5.23. The fraction of sp³-hybridized carbons (Fsp3) is 0.750. The van der Waals surface area contributed by atoms with Gasteiger partial charge in [0.05, 0.1) is 0 Å². The van der Waals surface area contributed by atoms with E-state index in [9.17, 15) is 0 Å². The number of nitrogens with one attached hydrogen (secondary N) is 1. The first-order chi connectivity index (χ1) is 9.76. The van der Waals surface area contributed by atoms with Crippen molar-refractivity contribution in [3.8, 4) is 0 Å². The highest BCUT2D eigenvalue weighted by atomic mass is 15.0. The summed E-state index contributed by atoms with van der Waals surface area (Å²) < 4.78 is 0. The molecule has 112 valence electrons. The van der Waals surface area contributed by atoms with Crippen molar-refractivity contribution < 1.29 is 0 Å². The van der Waals surface area contributed by atoms with E-state index in [0.29, 0.717) is 5.92 Å². The summed E-state index contributed by atoms with van der Waals surface area (Å²) >= 11 is 0. The maximum atomic E-state index is 6.29. The van der Waals surface area contributed by atoms with Gasteiger partial charge in [-0.1, -0.05) is 33.1 Å². The maximum absolute atomic E-state index is 6.29. The van der Waals surface area contributed by atoms with Gasteiger partial charge in [-0.2, -0.15) is 0 Å². The van der Waals surface area contributed by atoms with Crippen LogP contribution in [0.1, 0.15) is 57.2 Å². The first kappa shape index (κ1) is 15.2. The molecule has 0 aromatic carbocycles. The molecule has 0 spiro atoms. The Morgan fingerprint density at radius 3 is 2.65 bits per heavy atom. The van der Waals surface area contributed by atoms with Crippen molar-refractivity contribution in [2.75, 3.05) is 11.9 Å². The summed E-state index contributed by atoms with van der Waals surface area (Å²) in [6.07, 6.45) is 9.94. The Kier molecular flexibility index (Phi) is 5.77. The lowest BCUT2D eigenvalue weighted by molar-refractivity contribution is 0.407. The number of rotatable bonds is 6. The van der Waals surface area contributed by atoms with Gasteiger partial charge in [0.25, 0.3) is 0 Å². The smallest absolute Gasteiger partial charge is 0.132 e. The Bertz CT molecular complexity index is 415. The molecule has 1 aromatic heterocycles. The van der Waals surface area contributed by atoms with Gasteiger partial charge < -0.3 is 11.1 Å². The van der Waals surface area contributed by atoms with E-state index in [4.69, 9.17) is 5.73 Å². The lowest BCUT2D eigenvalue weighted by Gasteiger charge is -2.22. The van der Waals surface area contributed by atoms with Gasteiger partial charge in [0.1, 0.15) is 12.1 Å². The molecule has 4 heteroatoms. The molecule has 1 aliphatic carbocycles. The zero-order chi connectivity index (χ0) is 14.4. The fourth-order valence-corrected chi connectivity index (χ4v) is 3.13. The number of anilines is 1. The molecule has 0 radical (unpaired) electrons. The van der Waals surface area contributed by atoms with Crippen molar-refractivity contribution in [3.63, 3.8) is 0 Å². The van der Waals surface area contributed by atoms with Crippen LogP contribution >= 0.6 is 0 Å². The highest BCUT2D eigenvalue weighted by Gasteiger charge is 2.17. The molecule has 0 saturated heterocycles. The number of aryl methyl sites for hydroxylation is 1. The molecule has 0 bridgehead atoms. The lowest BCUT2D eigenvalue weighted by atomic mass is 9.95. The summed E-state index contributed by atoms with van der Waals surface area (Å²) in [5, 5.41) is 3.47. The van der Waals surface area contributed by atoms with Gasteiger partial charge in [-0.15, -0.1) is 0 Å². The van der Waals surface area contributed by atoms with Crippen LogP contribution in [0.4, 0.5) is 5.82 Å². The molecular weight excluding hydrogens is 248 g/mol. The molecule has 3 N–H and O–H groups in total. The van der Waals surface area contributed by atoms with E-state index in [1.165, 1.54) is 30.5 Å². The molecule has 1 aromatic rings. The highest BCUT2D eigenvalue weighted by molar-refractivity contribution is 5.46. The minimum atomic E-state index is 0.196. The molecule has 1 heterocycles. The second-order valence-corrected chi connectivity index (χ2v) is 5.83. The summed E-state index contributed by atoms with van der Waals surface area (Å²) in [6, 6.07) is 0.196. The molecule has 20 heavy (non-hydrogen) atoms. The maximum Gasteiger partial charge on any atom is 0.132 e. The predicted octanol–water partition coefficient (Wildman–Crippen LogP) is 2.92. The van der Waals surface area contributed by atoms with Gasteiger partial charge in [-0.25, -0.2) is 9.97 Å². The topological polar surface area (TPSA) is 63.8 Å². The van der Waals surface area contributed by atoms with Crippen molar-refractivity contribution in [3.05, 3.63) is 17.6 Å². The van der Waals surface area contributed by atoms with Crippen LogP contribution in [-0.2, 0) is 12.8 Å². The van der Waals surface area contributed by atoms with Crippen molar-refractivity contribution in [1.29, 1.82) is 0 Å². The molecule has 0 aliphatic heterocycles. The third-order valence-corrected chi connectivity index (χ3v) is 4.53. The normalized spacial score (nSPS) is 16.6. The van der Waals surface area contributed by atoms with Crippen LogP contribution in [0.5, 0.6) is 0 Å². The number of nitrogens with two attached hydrogens (primary N) is 1. The number of nitrogens with zero attached hydrogens (tertiary/aromatic N) is 2. The van der Waals surface area contributed by atoms with Gasteiger partial charge in [0.15, 0.2) is 0 Å². The first-order valence-electron chi connectivity index (χ1n) is 8.08. The van der Waals surface area contributed by atoms with E-state index in [1.807, 2.05) is 0 Å². The molecule has 0 saturated carbocycles. The largest absolute Gasteiger partial charge is 0.368 e. The van der Waals surface area contributed by atoms with E-state index in [2.05, 4.69) is 29.1 Å². The van der Waals surface area contributed by atoms with Crippen LogP contribution in [0, 0.1) is 5.92 Å². The number of fused-ring (bicyclic) bond motifs is 1. The Morgan fingerprint density at radius 1 is 1.15 bits per heavy atom. The van der Waals surface area contributed by atoms with E-state index in [0.717, 1.165) is 38.0 Å². The second-order valence-electron chi connectivity index (χ2n) is 5.83. The summed E-state index contributed by atoms with van der Waals surface area (Å²) in [4.78, 5) is 8.89. The van der Waals surface area contributed by atoms with Crippen LogP contribution in [0.3, 0.4) is 0 Å². The molecule has 1 unspecified atom stereocenters. The lowest BCUT2D eigenvalue weighted by Crippen LogP contribution is -2.36. The Morgan fingerprint density at radius 2 is 1.90 bits per heavy atom. The molecule has 1 atom stereocenters.